The lowest BCUT2D eigenvalue weighted by Gasteiger charge is -2.21. The van der Waals surface area contributed by atoms with Crippen molar-refractivity contribution in [2.75, 3.05) is 39.5 Å². The van der Waals surface area contributed by atoms with Crippen molar-refractivity contribution in [3.8, 4) is 22.6 Å². The van der Waals surface area contributed by atoms with E-state index in [4.69, 9.17) is 26.8 Å². The smallest absolute Gasteiger partial charge is 0.328 e. The Kier molecular flexibility index (Phi) is 16.1. The van der Waals surface area contributed by atoms with Crippen LogP contribution in [0, 0.1) is 5.82 Å². The molecule has 2 heterocycles. The van der Waals surface area contributed by atoms with Crippen molar-refractivity contribution in [2.24, 2.45) is 4.99 Å². The van der Waals surface area contributed by atoms with Gasteiger partial charge in [-0.25, -0.2) is 13.9 Å². The first kappa shape index (κ1) is 44.8. The van der Waals surface area contributed by atoms with Gasteiger partial charge in [0.2, 0.25) is 0 Å². The second-order valence-electron chi connectivity index (χ2n) is 14.0. The van der Waals surface area contributed by atoms with E-state index in [2.05, 4.69) is 10.1 Å². The number of benzene rings is 4. The van der Waals surface area contributed by atoms with Gasteiger partial charge in [-0.1, -0.05) is 80.8 Å². The lowest BCUT2D eigenvalue weighted by molar-refractivity contribution is -0.145. The summed E-state index contributed by atoms with van der Waals surface area (Å²) in [6.45, 7) is 5.32. The standard InChI is InChI=1S/C44H44ClFN6O6.C2H6/c1-50(43(55)36-14-6-5-11-30(36)28-53)20-8-4-3-7-19-48-25-37-35(15-10-16-39(37)47)29-12-9-13-33(21-29)58-34-23-41(44(56)57-2)51(27-34)42(54)31-24-49-52(26-31)40-18-17-32(46)22-38(40)45;1-2/h5-6,9-18,21-22,24-26,28,34,41H,3-4,7-8,19-20,23,27,47H2,1-2H3;1-2H3. The van der Waals surface area contributed by atoms with Crippen molar-refractivity contribution in [1.82, 2.24) is 19.6 Å². The third kappa shape index (κ3) is 11.0. The molecule has 1 fully saturated rings. The van der Waals surface area contributed by atoms with E-state index in [1.807, 2.05) is 56.3 Å². The molecule has 0 saturated carbocycles. The first-order valence-corrected chi connectivity index (χ1v) is 20.3. The number of carbonyl (C=O) groups is 4. The molecule has 0 spiro atoms. The molecular weight excluding hydrogens is 787 g/mol. The van der Waals surface area contributed by atoms with Crippen molar-refractivity contribution in [3.05, 3.63) is 130 Å². The number of amides is 2. The molecule has 2 unspecified atom stereocenters. The second kappa shape index (κ2) is 21.6. The Hall–Kier alpha value is -6.34. The van der Waals surface area contributed by atoms with Crippen LogP contribution in [0.4, 0.5) is 10.1 Å². The molecule has 0 aliphatic carbocycles. The molecule has 6 rings (SSSR count). The van der Waals surface area contributed by atoms with E-state index in [9.17, 15) is 23.6 Å². The molecule has 1 saturated heterocycles. The topological polar surface area (TPSA) is 149 Å². The predicted octanol–water partition coefficient (Wildman–Crippen LogP) is 8.34. The summed E-state index contributed by atoms with van der Waals surface area (Å²) >= 11 is 6.21. The van der Waals surface area contributed by atoms with E-state index in [1.54, 1.807) is 42.4 Å². The summed E-state index contributed by atoms with van der Waals surface area (Å²) in [5.41, 5.74) is 10.9. The van der Waals surface area contributed by atoms with Gasteiger partial charge in [-0.15, -0.1) is 0 Å². The minimum absolute atomic E-state index is 0.117. The lowest BCUT2D eigenvalue weighted by Crippen LogP contribution is -2.41. The Morgan fingerprint density at radius 2 is 1.77 bits per heavy atom. The van der Waals surface area contributed by atoms with Crippen LogP contribution < -0.4 is 10.5 Å². The Morgan fingerprint density at radius 1 is 1.00 bits per heavy atom. The lowest BCUT2D eigenvalue weighted by atomic mass is 9.98. The van der Waals surface area contributed by atoms with Crippen molar-refractivity contribution in [1.29, 1.82) is 0 Å². The van der Waals surface area contributed by atoms with Crippen molar-refractivity contribution in [3.63, 3.8) is 0 Å². The molecule has 1 aliphatic rings. The van der Waals surface area contributed by atoms with E-state index >= 15 is 0 Å². The fourth-order valence-corrected chi connectivity index (χ4v) is 7.19. The van der Waals surface area contributed by atoms with Gasteiger partial charge in [0.05, 0.1) is 41.7 Å². The number of anilines is 1. The van der Waals surface area contributed by atoms with Gasteiger partial charge in [0.15, 0.2) is 6.29 Å². The molecule has 0 bridgehead atoms. The third-order valence-corrected chi connectivity index (χ3v) is 10.3. The molecule has 2 N–H and O–H groups in total. The highest BCUT2D eigenvalue weighted by Gasteiger charge is 2.42. The summed E-state index contributed by atoms with van der Waals surface area (Å²) < 4.78 is 26.4. The molecule has 12 nitrogen and oxygen atoms in total. The first-order chi connectivity index (χ1) is 29.1. The Labute approximate surface area is 354 Å². The molecule has 314 valence electrons. The summed E-state index contributed by atoms with van der Waals surface area (Å²) in [6.07, 6.45) is 8.60. The number of hydrogen-bond acceptors (Lipinski definition) is 9. The number of ether oxygens (including phenoxy) is 2. The maximum Gasteiger partial charge on any atom is 0.328 e. The number of methoxy groups -OCH3 is 1. The van der Waals surface area contributed by atoms with Gasteiger partial charge in [0.1, 0.15) is 23.7 Å². The molecule has 4 aromatic carbocycles. The number of unbranched alkanes of at least 4 members (excludes halogenated alkanes) is 3. The average Bonchev–Trinajstić information content (AvgIpc) is 3.93. The summed E-state index contributed by atoms with van der Waals surface area (Å²) in [7, 11) is 3.02. The highest BCUT2D eigenvalue weighted by Crippen LogP contribution is 2.32. The number of carbonyl (C=O) groups excluding carboxylic acids is 4. The highest BCUT2D eigenvalue weighted by molar-refractivity contribution is 6.32. The zero-order valence-electron chi connectivity index (χ0n) is 34.2. The van der Waals surface area contributed by atoms with Crippen LogP contribution in [0.5, 0.6) is 5.75 Å². The van der Waals surface area contributed by atoms with E-state index in [0.29, 0.717) is 47.6 Å². The predicted molar refractivity (Wildman–Crippen MR) is 232 cm³/mol. The number of likely N-dealkylation sites (tertiary alicyclic amines) is 1. The molecule has 5 aromatic rings. The van der Waals surface area contributed by atoms with Crippen LogP contribution in [0.15, 0.2) is 102 Å². The van der Waals surface area contributed by atoms with E-state index in [1.165, 1.54) is 41.2 Å². The molecule has 1 aliphatic heterocycles. The van der Waals surface area contributed by atoms with E-state index in [-0.39, 0.29) is 29.5 Å². The number of nitrogens with zero attached hydrogens (tertiary/aromatic N) is 5. The van der Waals surface area contributed by atoms with E-state index < -0.39 is 29.8 Å². The first-order valence-electron chi connectivity index (χ1n) is 19.9. The number of esters is 1. The molecule has 60 heavy (non-hydrogen) atoms. The van der Waals surface area contributed by atoms with Crippen molar-refractivity contribution < 1.29 is 33.0 Å². The molecule has 0 radical (unpaired) electrons. The van der Waals surface area contributed by atoms with Gasteiger partial charge in [-0.2, -0.15) is 5.10 Å². The Bertz CT molecular complexity index is 2310. The largest absolute Gasteiger partial charge is 0.488 e. The van der Waals surface area contributed by atoms with Gasteiger partial charge >= 0.3 is 5.97 Å². The van der Waals surface area contributed by atoms with Crippen LogP contribution in [-0.2, 0) is 9.53 Å². The fourth-order valence-electron chi connectivity index (χ4n) is 6.94. The number of rotatable bonds is 16. The number of nitrogen functional groups attached to an aromatic ring is 1. The Morgan fingerprint density at radius 3 is 2.53 bits per heavy atom. The van der Waals surface area contributed by atoms with Gasteiger partial charge in [0, 0.05) is 55.8 Å². The maximum atomic E-state index is 13.7. The fraction of sp³-hybridized carbons (Fsp3) is 0.304. The highest BCUT2D eigenvalue weighted by atomic mass is 35.5. The van der Waals surface area contributed by atoms with Gasteiger partial charge < -0.3 is 25.0 Å². The van der Waals surface area contributed by atoms with Crippen LogP contribution in [0.1, 0.15) is 82.6 Å². The van der Waals surface area contributed by atoms with Crippen LogP contribution in [-0.4, -0.2) is 95.8 Å². The zero-order chi connectivity index (χ0) is 43.2. The summed E-state index contributed by atoms with van der Waals surface area (Å²) in [4.78, 5) is 58.4. The second-order valence-corrected chi connectivity index (χ2v) is 14.4. The van der Waals surface area contributed by atoms with Gasteiger partial charge in [-0.05, 0) is 66.4 Å². The SMILES string of the molecule is CC.COC(=O)C1CC(Oc2cccc(-c3cccc(N)c3C=NCCCCCCN(C)C(=O)c3ccccc3C=O)c2)CN1C(=O)c1cnn(-c2ccc(F)cc2Cl)c1. The number of aldehydes is 1. The minimum atomic E-state index is -0.886. The molecular formula is C46H50ClFN6O6. The van der Waals surface area contributed by atoms with Gasteiger partial charge in [-0.3, -0.25) is 19.4 Å². The molecule has 14 heteroatoms. The summed E-state index contributed by atoms with van der Waals surface area (Å²) in [6, 6.07) is 23.0. The maximum absolute atomic E-state index is 13.7. The summed E-state index contributed by atoms with van der Waals surface area (Å²) in [5, 5.41) is 4.37. The molecule has 2 atom stereocenters. The molecule has 1 aromatic heterocycles. The van der Waals surface area contributed by atoms with Crippen LogP contribution in [0.25, 0.3) is 16.8 Å². The monoisotopic (exact) mass is 836 g/mol. The normalized spacial score (nSPS) is 14.7. The van der Waals surface area contributed by atoms with E-state index in [0.717, 1.165) is 48.4 Å². The van der Waals surface area contributed by atoms with Gasteiger partial charge in [0.25, 0.3) is 11.8 Å². The Balaban J connectivity index is 0.00000336. The number of nitrogens with two attached hydrogens (primary N) is 1. The van der Waals surface area contributed by atoms with Crippen molar-refractivity contribution in [2.45, 2.75) is 58.1 Å². The van der Waals surface area contributed by atoms with Crippen LogP contribution >= 0.6 is 11.6 Å². The van der Waals surface area contributed by atoms with Crippen LogP contribution in [0.2, 0.25) is 5.02 Å². The quantitative estimate of drug-likeness (QED) is 0.0343. The zero-order valence-corrected chi connectivity index (χ0v) is 35.0. The number of aliphatic imine (C=N–C) groups is 1. The number of hydrogen-bond donors (Lipinski definition) is 1. The molecule has 2 amide bonds. The minimum Gasteiger partial charge on any atom is -0.488 e. The van der Waals surface area contributed by atoms with Crippen molar-refractivity contribution >= 4 is 47.6 Å². The third-order valence-electron chi connectivity index (χ3n) is 9.99. The average molecular weight is 837 g/mol. The number of halogens is 2. The summed E-state index contributed by atoms with van der Waals surface area (Å²) in [5.74, 6) is -1.13. The van der Waals surface area contributed by atoms with Crippen LogP contribution in [0.3, 0.4) is 0 Å². The number of aromatic nitrogens is 2.